The van der Waals surface area contributed by atoms with Crippen molar-refractivity contribution in [1.29, 1.82) is 0 Å². The van der Waals surface area contributed by atoms with Gasteiger partial charge in [0.25, 0.3) is 5.06 Å². The summed E-state index contributed by atoms with van der Waals surface area (Å²) in [7, 11) is 0. The Morgan fingerprint density at radius 2 is 1.95 bits per heavy atom. The van der Waals surface area contributed by atoms with Crippen LogP contribution in [-0.4, -0.2) is 10.0 Å². The van der Waals surface area contributed by atoms with Gasteiger partial charge in [-0.15, -0.1) is 0 Å². The van der Waals surface area contributed by atoms with Gasteiger partial charge < -0.3 is 9.84 Å². The second kappa shape index (κ2) is 5.83. The number of thiophene rings is 1. The van der Waals surface area contributed by atoms with Gasteiger partial charge in [0.05, 0.1) is 11.0 Å². The maximum absolute atomic E-state index is 11.1. The molecule has 2 rings (SSSR count). The number of nitro groups is 1. The van der Waals surface area contributed by atoms with Crippen LogP contribution in [0.25, 0.3) is 0 Å². The van der Waals surface area contributed by atoms with Crippen LogP contribution in [0.1, 0.15) is 34.6 Å². The molecule has 0 aliphatic rings. The first-order chi connectivity index (χ1) is 9.79. The highest BCUT2D eigenvalue weighted by Gasteiger charge is 2.23. The molecule has 1 aromatic heterocycles. The molecule has 6 heteroatoms. The van der Waals surface area contributed by atoms with Crippen molar-refractivity contribution in [1.82, 2.24) is 0 Å². The molecule has 1 aromatic carbocycles. The first-order valence-corrected chi connectivity index (χ1v) is 7.33. The number of aryl methyl sites for hydroxylation is 2. The first kappa shape index (κ1) is 15.5. The summed E-state index contributed by atoms with van der Waals surface area (Å²) in [6.45, 7) is 7.41. The molecule has 112 valence electrons. The number of aliphatic hydroxyl groups is 1. The highest BCUT2D eigenvalue weighted by atomic mass is 32.1. The second-order valence-electron chi connectivity index (χ2n) is 5.06. The van der Waals surface area contributed by atoms with E-state index in [9.17, 15) is 15.2 Å². The zero-order chi connectivity index (χ0) is 15.7. The molecule has 1 atom stereocenters. The lowest BCUT2D eigenvalue weighted by Crippen LogP contribution is -1.93. The topological polar surface area (TPSA) is 72.6 Å². The fraction of sp³-hybridized carbons (Fsp3) is 0.333. The van der Waals surface area contributed by atoms with Crippen molar-refractivity contribution in [2.75, 3.05) is 0 Å². The van der Waals surface area contributed by atoms with Crippen LogP contribution in [0.15, 0.2) is 18.2 Å². The van der Waals surface area contributed by atoms with Crippen LogP contribution in [0.5, 0.6) is 10.8 Å². The molecular formula is C15H17NO4S. The fourth-order valence-electron chi connectivity index (χ4n) is 2.00. The van der Waals surface area contributed by atoms with E-state index < -0.39 is 11.0 Å². The van der Waals surface area contributed by atoms with Crippen LogP contribution in [0.2, 0.25) is 0 Å². The van der Waals surface area contributed by atoms with Crippen LogP contribution in [0, 0.1) is 30.9 Å². The van der Waals surface area contributed by atoms with Crippen molar-refractivity contribution in [3.63, 3.8) is 0 Å². The highest BCUT2D eigenvalue weighted by Crippen LogP contribution is 2.42. The third kappa shape index (κ3) is 3.22. The smallest absolute Gasteiger partial charge is 0.323 e. The first-order valence-electron chi connectivity index (χ1n) is 6.51. The van der Waals surface area contributed by atoms with E-state index in [2.05, 4.69) is 0 Å². The maximum atomic E-state index is 11.1. The van der Waals surface area contributed by atoms with E-state index in [1.807, 2.05) is 32.9 Å². The average Bonchev–Trinajstić information content (AvgIpc) is 2.79. The Hall–Kier alpha value is -1.92. The van der Waals surface area contributed by atoms with Crippen molar-refractivity contribution in [3.8, 4) is 10.8 Å². The normalized spacial score (nSPS) is 12.2. The summed E-state index contributed by atoms with van der Waals surface area (Å²) in [5, 5.41) is 20.9. The highest BCUT2D eigenvalue weighted by molar-refractivity contribution is 7.14. The SMILES string of the molecule is Cc1cc(C)c(C)c(Oc2sc([C@H](C)O)cc2[N+](=O)[O-])c1. The molecule has 1 N–H and O–H groups in total. The Morgan fingerprint density at radius 1 is 1.29 bits per heavy atom. The van der Waals surface area contributed by atoms with Crippen LogP contribution in [-0.2, 0) is 0 Å². The van der Waals surface area contributed by atoms with Crippen LogP contribution in [0.3, 0.4) is 0 Å². The average molecular weight is 307 g/mol. The van der Waals surface area contributed by atoms with Gasteiger partial charge in [-0.3, -0.25) is 10.1 Å². The largest absolute Gasteiger partial charge is 0.440 e. The van der Waals surface area contributed by atoms with Gasteiger partial charge in [-0.05, 0) is 50.5 Å². The molecule has 0 radical (unpaired) electrons. The Morgan fingerprint density at radius 3 is 2.52 bits per heavy atom. The Bertz CT molecular complexity index is 691. The Kier molecular flexibility index (Phi) is 4.29. The van der Waals surface area contributed by atoms with Gasteiger partial charge in [-0.25, -0.2) is 0 Å². The van der Waals surface area contributed by atoms with Crippen molar-refractivity contribution in [2.24, 2.45) is 0 Å². The van der Waals surface area contributed by atoms with Crippen LogP contribution >= 0.6 is 11.3 Å². The number of aliphatic hydroxyl groups excluding tert-OH is 1. The number of hydrogen-bond acceptors (Lipinski definition) is 5. The summed E-state index contributed by atoms with van der Waals surface area (Å²) in [6.07, 6.45) is -0.758. The third-order valence-corrected chi connectivity index (χ3v) is 4.45. The molecule has 0 spiro atoms. The lowest BCUT2D eigenvalue weighted by atomic mass is 10.1. The number of nitrogens with zero attached hydrogens (tertiary/aromatic N) is 1. The van der Waals surface area contributed by atoms with Gasteiger partial charge in [0.2, 0.25) is 0 Å². The molecule has 0 unspecified atom stereocenters. The minimum absolute atomic E-state index is 0.116. The van der Waals surface area contributed by atoms with E-state index in [1.165, 1.54) is 6.07 Å². The summed E-state index contributed by atoms with van der Waals surface area (Å²) < 4.78 is 5.76. The van der Waals surface area contributed by atoms with Gasteiger partial charge in [0, 0.05) is 10.9 Å². The molecular weight excluding hydrogens is 290 g/mol. The van der Waals surface area contributed by atoms with Gasteiger partial charge in [0.15, 0.2) is 0 Å². The third-order valence-electron chi connectivity index (χ3n) is 3.27. The van der Waals surface area contributed by atoms with E-state index in [0.29, 0.717) is 10.6 Å². The summed E-state index contributed by atoms with van der Waals surface area (Å²) in [5.74, 6) is 0.606. The van der Waals surface area contributed by atoms with E-state index in [-0.39, 0.29) is 10.8 Å². The van der Waals surface area contributed by atoms with Crippen molar-refractivity contribution in [3.05, 3.63) is 49.9 Å². The van der Waals surface area contributed by atoms with Gasteiger partial charge >= 0.3 is 5.69 Å². The molecule has 0 saturated heterocycles. The summed E-state index contributed by atoms with van der Waals surface area (Å²) in [4.78, 5) is 11.1. The standard InChI is InChI=1S/C15H17NO4S/c1-8-5-9(2)10(3)13(6-8)20-15-12(16(18)19)7-14(21-15)11(4)17/h5-7,11,17H,1-4H3/t11-/m0/s1. The van der Waals surface area contributed by atoms with E-state index >= 15 is 0 Å². The number of benzene rings is 1. The molecule has 0 aliphatic carbocycles. The molecule has 2 aromatic rings. The van der Waals surface area contributed by atoms with Crippen LogP contribution in [0.4, 0.5) is 5.69 Å². The Balaban J connectivity index is 2.46. The van der Waals surface area contributed by atoms with E-state index in [1.54, 1.807) is 6.92 Å². The summed E-state index contributed by atoms with van der Waals surface area (Å²) >= 11 is 1.10. The van der Waals surface area contributed by atoms with Gasteiger partial charge in [-0.1, -0.05) is 17.4 Å². The molecule has 0 saturated carbocycles. The van der Waals surface area contributed by atoms with Crippen LogP contribution < -0.4 is 4.74 Å². The summed E-state index contributed by atoms with van der Waals surface area (Å²) in [5.41, 5.74) is 2.93. The summed E-state index contributed by atoms with van der Waals surface area (Å²) in [6, 6.07) is 5.25. The Labute approximate surface area is 127 Å². The molecule has 0 aliphatic heterocycles. The number of ether oxygens (including phenoxy) is 1. The monoisotopic (exact) mass is 307 g/mol. The minimum Gasteiger partial charge on any atom is -0.440 e. The van der Waals surface area contributed by atoms with Crippen molar-refractivity contribution in [2.45, 2.75) is 33.8 Å². The lowest BCUT2D eigenvalue weighted by molar-refractivity contribution is -0.385. The second-order valence-corrected chi connectivity index (χ2v) is 6.11. The zero-order valence-corrected chi connectivity index (χ0v) is 13.2. The van der Waals surface area contributed by atoms with E-state index in [4.69, 9.17) is 4.74 Å². The molecule has 1 heterocycles. The maximum Gasteiger partial charge on any atom is 0.323 e. The molecule has 0 fully saturated rings. The fourth-order valence-corrected chi connectivity index (χ4v) is 2.92. The van der Waals surface area contributed by atoms with Crippen molar-refractivity contribution < 1.29 is 14.8 Å². The molecule has 0 amide bonds. The predicted molar refractivity (Wildman–Crippen MR) is 82.3 cm³/mol. The number of rotatable bonds is 4. The minimum atomic E-state index is -0.758. The lowest BCUT2D eigenvalue weighted by Gasteiger charge is -2.10. The van der Waals surface area contributed by atoms with Gasteiger partial charge in [-0.2, -0.15) is 0 Å². The zero-order valence-electron chi connectivity index (χ0n) is 12.3. The van der Waals surface area contributed by atoms with Gasteiger partial charge in [0.1, 0.15) is 5.75 Å². The predicted octanol–water partition coefficient (Wildman–Crippen LogP) is 4.43. The number of hydrogen-bond donors (Lipinski definition) is 1. The van der Waals surface area contributed by atoms with E-state index in [0.717, 1.165) is 28.0 Å². The molecule has 0 bridgehead atoms. The van der Waals surface area contributed by atoms with Crippen molar-refractivity contribution >= 4 is 17.0 Å². The molecule has 5 nitrogen and oxygen atoms in total. The molecule has 21 heavy (non-hydrogen) atoms. The quantitative estimate of drug-likeness (QED) is 0.670.